The van der Waals surface area contributed by atoms with E-state index in [-0.39, 0.29) is 23.8 Å². The third kappa shape index (κ3) is 5.12. The van der Waals surface area contributed by atoms with Crippen molar-refractivity contribution in [2.24, 2.45) is 0 Å². The number of nitrogens with zero attached hydrogens (tertiary/aromatic N) is 3. The van der Waals surface area contributed by atoms with Gasteiger partial charge in [-0.1, -0.05) is 47.6 Å². The van der Waals surface area contributed by atoms with Gasteiger partial charge in [0.25, 0.3) is 5.89 Å². The Kier molecular flexibility index (Phi) is 6.84. The van der Waals surface area contributed by atoms with Crippen molar-refractivity contribution in [1.82, 2.24) is 20.4 Å². The molecular formula is C25H27FN4O3. The molecule has 0 spiro atoms. The highest BCUT2D eigenvalue weighted by Gasteiger charge is 2.35. The van der Waals surface area contributed by atoms with E-state index >= 15 is 0 Å². The number of amides is 2. The highest BCUT2D eigenvalue weighted by molar-refractivity contribution is 5.86. The summed E-state index contributed by atoms with van der Waals surface area (Å²) >= 11 is 0. The van der Waals surface area contributed by atoms with E-state index in [0.29, 0.717) is 42.2 Å². The molecule has 0 radical (unpaired) electrons. The Bertz CT molecular complexity index is 1140. The van der Waals surface area contributed by atoms with Crippen LogP contribution in [-0.4, -0.2) is 40.3 Å². The number of carbonyl (C=O) groups excluding carboxylic acids is 1. The summed E-state index contributed by atoms with van der Waals surface area (Å²) in [5.74, 6) is 0.337. The number of benzene rings is 2. The molecular weight excluding hydrogens is 423 g/mol. The molecule has 0 aliphatic carbocycles. The lowest BCUT2D eigenvalue weighted by Crippen LogP contribution is -2.46. The molecule has 1 aromatic heterocycles. The van der Waals surface area contributed by atoms with E-state index in [0.717, 1.165) is 5.56 Å². The zero-order valence-corrected chi connectivity index (χ0v) is 18.9. The zero-order valence-electron chi connectivity index (χ0n) is 18.9. The number of carbonyl (C=O) groups is 1. The number of ether oxygens (including phenoxy) is 1. The van der Waals surface area contributed by atoms with Crippen molar-refractivity contribution in [3.63, 3.8) is 0 Å². The summed E-state index contributed by atoms with van der Waals surface area (Å²) in [7, 11) is 0. The van der Waals surface area contributed by atoms with Gasteiger partial charge in [-0.15, -0.1) is 0 Å². The van der Waals surface area contributed by atoms with Crippen LogP contribution in [0.4, 0.5) is 9.18 Å². The molecule has 2 amide bonds. The smallest absolute Gasteiger partial charge is 0.322 e. The summed E-state index contributed by atoms with van der Waals surface area (Å²) in [6.45, 7) is 6.79. The maximum Gasteiger partial charge on any atom is 0.322 e. The molecule has 1 unspecified atom stereocenters. The summed E-state index contributed by atoms with van der Waals surface area (Å²) in [6.07, 6.45) is 0.791. The van der Waals surface area contributed by atoms with Crippen LogP contribution >= 0.6 is 0 Å². The zero-order chi connectivity index (χ0) is 23.4. The third-order valence-corrected chi connectivity index (χ3v) is 5.44. The SMILES string of the molecule is CC1=C(c2nc(-c3ccccc3)no2)C(c2cccc(F)c2)NC(=O)N1CCCOC(C)C. The normalized spacial score (nSPS) is 16.5. The lowest BCUT2D eigenvalue weighted by atomic mass is 9.94. The number of rotatable bonds is 8. The maximum absolute atomic E-state index is 14.0. The van der Waals surface area contributed by atoms with E-state index in [1.807, 2.05) is 51.1 Å². The minimum absolute atomic E-state index is 0.125. The van der Waals surface area contributed by atoms with Crippen LogP contribution in [0.3, 0.4) is 0 Å². The molecule has 0 saturated carbocycles. The summed E-state index contributed by atoms with van der Waals surface area (Å²) < 4.78 is 25.3. The lowest BCUT2D eigenvalue weighted by molar-refractivity contribution is 0.0736. The van der Waals surface area contributed by atoms with Crippen LogP contribution in [0.2, 0.25) is 0 Å². The first-order chi connectivity index (χ1) is 15.9. The van der Waals surface area contributed by atoms with E-state index in [9.17, 15) is 9.18 Å². The number of hydrogen-bond donors (Lipinski definition) is 1. The van der Waals surface area contributed by atoms with Crippen molar-refractivity contribution in [2.75, 3.05) is 13.2 Å². The Morgan fingerprint density at radius 3 is 2.70 bits per heavy atom. The van der Waals surface area contributed by atoms with Crippen molar-refractivity contribution in [2.45, 2.75) is 39.3 Å². The second-order valence-corrected chi connectivity index (χ2v) is 8.15. The fourth-order valence-corrected chi connectivity index (χ4v) is 3.84. The predicted octanol–water partition coefficient (Wildman–Crippen LogP) is 5.19. The van der Waals surface area contributed by atoms with Gasteiger partial charge in [0.2, 0.25) is 5.82 Å². The number of halogens is 1. The Hall–Kier alpha value is -3.52. The maximum atomic E-state index is 14.0. The Morgan fingerprint density at radius 2 is 1.97 bits per heavy atom. The number of nitrogens with one attached hydrogen (secondary N) is 1. The molecule has 7 nitrogen and oxygen atoms in total. The second-order valence-electron chi connectivity index (χ2n) is 8.15. The highest BCUT2D eigenvalue weighted by atomic mass is 19.1. The molecule has 172 valence electrons. The van der Waals surface area contributed by atoms with Crippen LogP contribution < -0.4 is 5.32 Å². The van der Waals surface area contributed by atoms with Gasteiger partial charge >= 0.3 is 6.03 Å². The molecule has 2 heterocycles. The minimum Gasteiger partial charge on any atom is -0.379 e. The minimum atomic E-state index is -0.625. The fourth-order valence-electron chi connectivity index (χ4n) is 3.84. The molecule has 0 bridgehead atoms. The van der Waals surface area contributed by atoms with Crippen LogP contribution in [0.5, 0.6) is 0 Å². The van der Waals surface area contributed by atoms with Gasteiger partial charge in [0.05, 0.1) is 17.7 Å². The number of urea groups is 1. The van der Waals surface area contributed by atoms with Crippen LogP contribution in [0.1, 0.15) is 44.7 Å². The number of hydrogen-bond acceptors (Lipinski definition) is 5. The van der Waals surface area contributed by atoms with E-state index in [2.05, 4.69) is 15.5 Å². The third-order valence-electron chi connectivity index (χ3n) is 5.44. The second kappa shape index (κ2) is 9.95. The molecule has 1 N–H and O–H groups in total. The first-order valence-corrected chi connectivity index (χ1v) is 11.0. The predicted molar refractivity (Wildman–Crippen MR) is 122 cm³/mol. The molecule has 1 aliphatic rings. The van der Waals surface area contributed by atoms with Crippen LogP contribution in [-0.2, 0) is 4.74 Å². The Balaban J connectivity index is 1.71. The highest BCUT2D eigenvalue weighted by Crippen LogP contribution is 2.37. The van der Waals surface area contributed by atoms with Crippen molar-refractivity contribution in [1.29, 1.82) is 0 Å². The van der Waals surface area contributed by atoms with Gasteiger partial charge in [0, 0.05) is 24.4 Å². The molecule has 8 heteroatoms. The van der Waals surface area contributed by atoms with Gasteiger partial charge in [0.15, 0.2) is 0 Å². The fraction of sp³-hybridized carbons (Fsp3) is 0.320. The molecule has 1 aliphatic heterocycles. The topological polar surface area (TPSA) is 80.5 Å². The first kappa shape index (κ1) is 22.7. The molecule has 0 saturated heterocycles. The van der Waals surface area contributed by atoms with Crippen LogP contribution in [0, 0.1) is 5.82 Å². The van der Waals surface area contributed by atoms with Crippen LogP contribution in [0.25, 0.3) is 17.0 Å². The Morgan fingerprint density at radius 1 is 1.18 bits per heavy atom. The summed E-state index contributed by atoms with van der Waals surface area (Å²) in [5, 5.41) is 7.12. The standard InChI is InChI=1S/C25H27FN4O3/c1-16(2)32-14-8-13-30-17(3)21(22(27-25(30)31)19-11-7-12-20(26)15-19)24-28-23(29-33-24)18-9-5-4-6-10-18/h4-7,9-12,15-16,22H,8,13-14H2,1-3H3,(H,27,31). The van der Waals surface area contributed by atoms with E-state index in [1.54, 1.807) is 17.0 Å². The molecule has 2 aromatic carbocycles. The molecule has 3 aromatic rings. The number of aromatic nitrogens is 2. The molecule has 33 heavy (non-hydrogen) atoms. The first-order valence-electron chi connectivity index (χ1n) is 11.0. The summed E-state index contributed by atoms with van der Waals surface area (Å²) in [5.41, 5.74) is 2.73. The van der Waals surface area contributed by atoms with Crippen molar-refractivity contribution in [3.05, 3.63) is 77.6 Å². The van der Waals surface area contributed by atoms with Gasteiger partial charge in [-0.2, -0.15) is 4.98 Å². The van der Waals surface area contributed by atoms with Crippen molar-refractivity contribution < 1.29 is 18.4 Å². The average Bonchev–Trinajstić information content (AvgIpc) is 3.28. The van der Waals surface area contributed by atoms with Crippen molar-refractivity contribution >= 4 is 11.6 Å². The van der Waals surface area contributed by atoms with Gasteiger partial charge in [0.1, 0.15) is 5.82 Å². The van der Waals surface area contributed by atoms with Gasteiger partial charge in [-0.3, -0.25) is 4.90 Å². The van der Waals surface area contributed by atoms with Gasteiger partial charge in [-0.05, 0) is 44.9 Å². The Labute approximate surface area is 192 Å². The van der Waals surface area contributed by atoms with E-state index in [4.69, 9.17) is 9.26 Å². The van der Waals surface area contributed by atoms with Crippen LogP contribution in [0.15, 0.2) is 64.8 Å². The average molecular weight is 451 g/mol. The summed E-state index contributed by atoms with van der Waals surface area (Å²) in [4.78, 5) is 19.2. The molecule has 0 fully saturated rings. The number of allylic oxidation sites excluding steroid dienone is 1. The summed E-state index contributed by atoms with van der Waals surface area (Å²) in [6, 6.07) is 14.7. The quantitative estimate of drug-likeness (QED) is 0.478. The van der Waals surface area contributed by atoms with Gasteiger partial charge in [-0.25, -0.2) is 9.18 Å². The van der Waals surface area contributed by atoms with E-state index < -0.39 is 6.04 Å². The monoisotopic (exact) mass is 450 g/mol. The lowest BCUT2D eigenvalue weighted by Gasteiger charge is -2.35. The molecule has 4 rings (SSSR count). The largest absolute Gasteiger partial charge is 0.379 e. The molecule has 1 atom stereocenters. The van der Waals surface area contributed by atoms with Crippen molar-refractivity contribution in [3.8, 4) is 11.4 Å². The van der Waals surface area contributed by atoms with Gasteiger partial charge < -0.3 is 14.6 Å². The van der Waals surface area contributed by atoms with E-state index in [1.165, 1.54) is 12.1 Å².